The number of hydrogen-bond donors (Lipinski definition) is 4. The fourth-order valence-corrected chi connectivity index (χ4v) is 3.66. The van der Waals surface area contributed by atoms with Crippen LogP contribution in [0.4, 0.5) is 0 Å². The Hall–Kier alpha value is -3.44. The first-order valence-corrected chi connectivity index (χ1v) is 13.1. The molecule has 0 saturated carbocycles. The van der Waals surface area contributed by atoms with Gasteiger partial charge in [0.15, 0.2) is 5.69 Å². The molecule has 6 N–H and O–H groups in total. The van der Waals surface area contributed by atoms with E-state index in [2.05, 4.69) is 26.3 Å². The number of rotatable bonds is 12. The van der Waals surface area contributed by atoms with Crippen molar-refractivity contribution in [1.82, 2.24) is 20.6 Å². The summed E-state index contributed by atoms with van der Waals surface area (Å²) in [6.45, 7) is 11.1. The molecule has 40 heavy (non-hydrogen) atoms. The molecule has 1 aromatic carbocycles. The highest BCUT2D eigenvalue weighted by Gasteiger charge is 2.32. The first-order chi connectivity index (χ1) is 18.2. The predicted molar refractivity (Wildman–Crippen MR) is 145 cm³/mol. The lowest BCUT2D eigenvalue weighted by molar-refractivity contribution is -0.368. The molecule has 1 aromatic heterocycles. The molecule has 2 amide bonds. The van der Waals surface area contributed by atoms with Gasteiger partial charge < -0.3 is 43.2 Å². The molecule has 0 saturated heterocycles. The zero-order chi connectivity index (χ0) is 29.2. The summed E-state index contributed by atoms with van der Waals surface area (Å²) in [6, 6.07) is 7.24. The van der Waals surface area contributed by atoms with Crippen LogP contribution in [0.3, 0.4) is 0 Å². The van der Waals surface area contributed by atoms with E-state index in [1.165, 1.54) is 6.33 Å². The second-order valence-electron chi connectivity index (χ2n) is 11.3. The van der Waals surface area contributed by atoms with Gasteiger partial charge in [-0.3, -0.25) is 9.59 Å². The van der Waals surface area contributed by atoms with Gasteiger partial charge in [0.05, 0.1) is 12.9 Å². The van der Waals surface area contributed by atoms with Gasteiger partial charge in [0.2, 0.25) is 0 Å². The number of carbonyl (C=O) groups excluding carboxylic acids is 4. The number of unbranched alkanes of at least 4 members (excludes halogenated alkanes) is 1. The van der Waals surface area contributed by atoms with E-state index in [0.717, 1.165) is 12.0 Å². The molecular weight excluding hydrogens is 538 g/mol. The van der Waals surface area contributed by atoms with Crippen LogP contribution in [-0.4, -0.2) is 63.6 Å². The van der Waals surface area contributed by atoms with Gasteiger partial charge in [0.1, 0.15) is 29.0 Å². The molecule has 2 aromatic rings. The standard InChI is InChI=1S/C28H41N5O6.ClH/c1-27(2,3)38-25(36)19(14-10-11-15-29)32-23(34)21-22(31-17-30-21)24(35)33-20(26(37)39-28(4,5)6)16-18-12-8-7-9-13-18;/h7-9,12-13,17,19-20H,10-11,14-16,29H2,1-6H3,(H,30,31)(H,32,34)(H,33,35);1H. The molecular formula is C28H42ClN5O6. The maximum atomic E-state index is 13.2. The highest BCUT2D eigenvalue weighted by atomic mass is 35.5. The molecule has 0 aliphatic rings. The number of benzene rings is 1. The van der Waals surface area contributed by atoms with Crippen LogP contribution in [0.1, 0.15) is 87.3 Å². The van der Waals surface area contributed by atoms with E-state index in [0.29, 0.717) is 19.4 Å². The summed E-state index contributed by atoms with van der Waals surface area (Å²) in [4.78, 5) is 58.8. The van der Waals surface area contributed by atoms with Crippen molar-refractivity contribution in [3.05, 3.63) is 53.6 Å². The second-order valence-corrected chi connectivity index (χ2v) is 11.3. The molecule has 2 rings (SSSR count). The third kappa shape index (κ3) is 11.7. The minimum atomic E-state index is -1.02. The first kappa shape index (κ1) is 34.6. The molecule has 0 bridgehead atoms. The summed E-state index contributed by atoms with van der Waals surface area (Å²) in [7, 11) is 0. The van der Waals surface area contributed by atoms with Crippen molar-refractivity contribution in [3.8, 4) is 0 Å². The number of quaternary nitrogens is 1. The Kier molecular flexibility index (Phi) is 13.3. The quantitative estimate of drug-likeness (QED) is 0.184. The van der Waals surface area contributed by atoms with E-state index in [1.807, 2.05) is 30.3 Å². The van der Waals surface area contributed by atoms with Gasteiger partial charge in [0, 0.05) is 6.42 Å². The number of nitrogens with zero attached hydrogens (tertiary/aromatic N) is 1. The van der Waals surface area contributed by atoms with Gasteiger partial charge in [-0.05, 0) is 66.4 Å². The van der Waals surface area contributed by atoms with Crippen molar-refractivity contribution in [2.24, 2.45) is 0 Å². The van der Waals surface area contributed by atoms with Gasteiger partial charge in [-0.15, -0.1) is 0 Å². The fraction of sp³-hybridized carbons (Fsp3) is 0.536. The molecule has 0 fully saturated rings. The normalized spacial score (nSPS) is 12.9. The minimum absolute atomic E-state index is 0. The molecule has 0 aliphatic heterocycles. The molecule has 1 heterocycles. The number of aromatic nitrogens is 2. The van der Waals surface area contributed by atoms with E-state index in [4.69, 9.17) is 9.47 Å². The number of H-pyrrole nitrogens is 1. The lowest BCUT2D eigenvalue weighted by atomic mass is 10.1. The molecule has 11 nitrogen and oxygen atoms in total. The smallest absolute Gasteiger partial charge is 0.329 e. The van der Waals surface area contributed by atoms with Crippen LogP contribution >= 0.6 is 0 Å². The molecule has 0 spiro atoms. The Morgan fingerprint density at radius 1 is 0.875 bits per heavy atom. The summed E-state index contributed by atoms with van der Waals surface area (Å²) in [5.74, 6) is -2.62. The Balaban J connectivity index is 0.00000800. The average molecular weight is 580 g/mol. The highest BCUT2D eigenvalue weighted by Crippen LogP contribution is 2.15. The summed E-state index contributed by atoms with van der Waals surface area (Å²) in [5.41, 5.74) is 2.77. The van der Waals surface area contributed by atoms with Crippen molar-refractivity contribution in [3.63, 3.8) is 0 Å². The van der Waals surface area contributed by atoms with Gasteiger partial charge >= 0.3 is 11.9 Å². The van der Waals surface area contributed by atoms with Gasteiger partial charge in [-0.2, -0.15) is 0 Å². The zero-order valence-corrected chi connectivity index (χ0v) is 24.9. The minimum Gasteiger partial charge on any atom is -1.00 e. The summed E-state index contributed by atoms with van der Waals surface area (Å²) in [5, 5.41) is 5.33. The van der Waals surface area contributed by atoms with Crippen LogP contribution in [0.25, 0.3) is 0 Å². The van der Waals surface area contributed by atoms with Gasteiger partial charge in [-0.25, -0.2) is 14.6 Å². The Labute approximate surface area is 241 Å². The Morgan fingerprint density at radius 3 is 1.98 bits per heavy atom. The summed E-state index contributed by atoms with van der Waals surface area (Å²) >= 11 is 0. The van der Waals surface area contributed by atoms with E-state index in [-0.39, 0.29) is 30.2 Å². The number of amides is 2. The van der Waals surface area contributed by atoms with E-state index in [1.54, 1.807) is 41.5 Å². The topological polar surface area (TPSA) is 167 Å². The monoisotopic (exact) mass is 579 g/mol. The maximum Gasteiger partial charge on any atom is 0.329 e. The van der Waals surface area contributed by atoms with Crippen LogP contribution in [0, 0.1) is 0 Å². The number of carbonyl (C=O) groups is 4. The molecule has 12 heteroatoms. The third-order valence-corrected chi connectivity index (χ3v) is 5.35. The van der Waals surface area contributed by atoms with E-state index in [9.17, 15) is 19.2 Å². The molecule has 222 valence electrons. The SMILES string of the molecule is CC(C)(C)OC(=O)C(Cc1ccccc1)NC(=O)c1nc[nH]c1C(=O)NC(CCCC[NH3+])C(=O)OC(C)(C)C.[Cl-]. The lowest BCUT2D eigenvalue weighted by Crippen LogP contribution is -3.00. The van der Waals surface area contributed by atoms with Gasteiger partial charge in [0.25, 0.3) is 11.8 Å². The fourth-order valence-electron chi connectivity index (χ4n) is 3.66. The molecule has 0 aliphatic carbocycles. The lowest BCUT2D eigenvalue weighted by Gasteiger charge is -2.25. The van der Waals surface area contributed by atoms with Crippen LogP contribution in [0.5, 0.6) is 0 Å². The number of nitrogens with one attached hydrogen (secondary N) is 3. The van der Waals surface area contributed by atoms with E-state index < -0.39 is 47.0 Å². The van der Waals surface area contributed by atoms with Crippen molar-refractivity contribution in [2.75, 3.05) is 6.54 Å². The zero-order valence-electron chi connectivity index (χ0n) is 24.1. The Morgan fingerprint density at radius 2 is 1.43 bits per heavy atom. The summed E-state index contributed by atoms with van der Waals surface area (Å²) < 4.78 is 11.0. The molecule has 0 radical (unpaired) electrons. The van der Waals surface area contributed by atoms with Crippen LogP contribution < -0.4 is 28.8 Å². The predicted octanol–water partition coefficient (Wildman–Crippen LogP) is -1.05. The number of esters is 2. The largest absolute Gasteiger partial charge is 1.00 e. The van der Waals surface area contributed by atoms with E-state index >= 15 is 0 Å². The van der Waals surface area contributed by atoms with Crippen molar-refractivity contribution < 1.29 is 46.8 Å². The maximum absolute atomic E-state index is 13.2. The second kappa shape index (κ2) is 15.4. The third-order valence-electron chi connectivity index (χ3n) is 5.35. The summed E-state index contributed by atoms with van der Waals surface area (Å²) in [6.07, 6.45) is 3.17. The van der Waals surface area contributed by atoms with Crippen LogP contribution in [0.2, 0.25) is 0 Å². The molecule has 2 unspecified atom stereocenters. The number of aromatic amines is 1. The van der Waals surface area contributed by atoms with Crippen LogP contribution in [0.15, 0.2) is 36.7 Å². The number of halogens is 1. The van der Waals surface area contributed by atoms with Crippen molar-refractivity contribution >= 4 is 23.8 Å². The van der Waals surface area contributed by atoms with Crippen molar-refractivity contribution in [1.29, 1.82) is 0 Å². The first-order valence-electron chi connectivity index (χ1n) is 13.1. The van der Waals surface area contributed by atoms with Crippen LogP contribution in [-0.2, 0) is 25.5 Å². The van der Waals surface area contributed by atoms with Crippen molar-refractivity contribution in [2.45, 2.75) is 90.5 Å². The van der Waals surface area contributed by atoms with Gasteiger partial charge in [-0.1, -0.05) is 30.3 Å². The average Bonchev–Trinajstić information content (AvgIpc) is 3.32. The highest BCUT2D eigenvalue weighted by molar-refractivity contribution is 6.06. The molecule has 2 atom stereocenters. The number of imidazole rings is 1. The Bertz CT molecular complexity index is 1120. The number of hydrogen-bond acceptors (Lipinski definition) is 7. The number of ether oxygens (including phenoxy) is 2.